The average Bonchev–Trinajstić information content (AvgIpc) is 3.76. The predicted molar refractivity (Wildman–Crippen MR) is 253 cm³/mol. The molecule has 0 N–H and O–H groups in total. The van der Waals surface area contributed by atoms with Gasteiger partial charge in [-0.3, -0.25) is 0 Å². The van der Waals surface area contributed by atoms with Crippen molar-refractivity contribution in [1.82, 2.24) is 4.57 Å². The summed E-state index contributed by atoms with van der Waals surface area (Å²) in [6, 6.07) is 82.7. The monoisotopic (exact) mass is 747 g/mol. The van der Waals surface area contributed by atoms with Crippen molar-refractivity contribution in [3.05, 3.63) is 224 Å². The lowest BCUT2D eigenvalue weighted by atomic mass is 9.82. The van der Waals surface area contributed by atoms with Gasteiger partial charge in [0.05, 0.1) is 11.4 Å². The van der Waals surface area contributed by atoms with Crippen molar-refractivity contribution in [1.29, 1.82) is 0 Å². The molecule has 11 aromatic carbocycles. The summed E-state index contributed by atoms with van der Waals surface area (Å²) in [7, 11) is 0. The molecule has 1 heterocycles. The second-order valence-electron chi connectivity index (χ2n) is 15.6. The fraction of sp³-hybridized carbons (Fsp3) is 0. The van der Waals surface area contributed by atoms with Crippen molar-refractivity contribution < 1.29 is 0 Å². The summed E-state index contributed by atoms with van der Waals surface area (Å²) in [5.74, 6) is 0. The van der Waals surface area contributed by atoms with Gasteiger partial charge in [-0.25, -0.2) is 0 Å². The van der Waals surface area contributed by atoms with E-state index in [2.05, 4.69) is 229 Å². The van der Waals surface area contributed by atoms with Crippen molar-refractivity contribution in [3.63, 3.8) is 0 Å². The van der Waals surface area contributed by atoms with E-state index >= 15 is 0 Å². The summed E-state index contributed by atoms with van der Waals surface area (Å²) >= 11 is 0. The van der Waals surface area contributed by atoms with Crippen LogP contribution >= 0.6 is 0 Å². The van der Waals surface area contributed by atoms with Gasteiger partial charge in [0, 0.05) is 5.69 Å². The maximum atomic E-state index is 2.46. The van der Waals surface area contributed by atoms with E-state index in [4.69, 9.17) is 0 Å². The van der Waals surface area contributed by atoms with E-state index in [0.29, 0.717) is 0 Å². The molecule has 0 saturated carbocycles. The zero-order valence-corrected chi connectivity index (χ0v) is 32.3. The number of fused-ring (bicyclic) bond motifs is 8. The fourth-order valence-electron chi connectivity index (χ4n) is 9.79. The van der Waals surface area contributed by atoms with E-state index in [0.717, 1.165) is 17.1 Å². The maximum absolute atomic E-state index is 2.46. The van der Waals surface area contributed by atoms with Crippen LogP contribution in [0.5, 0.6) is 0 Å². The van der Waals surface area contributed by atoms with Gasteiger partial charge >= 0.3 is 0 Å². The van der Waals surface area contributed by atoms with E-state index in [1.54, 1.807) is 0 Å². The molecule has 274 valence electrons. The minimum absolute atomic E-state index is 1.12. The number of nitrogens with zero attached hydrogens (tertiary/aromatic N) is 1. The van der Waals surface area contributed by atoms with Gasteiger partial charge in [0.25, 0.3) is 0 Å². The SMILES string of the molecule is c1ccc(-c2ccc(-c3ccccc3)n2-c2ccc3c(-c4cc5ccccc5c5ccccc45)c4ccccc4c(-c4cc5ccccc5c5ccccc45)c3c2)cc1. The Hall–Kier alpha value is -7.74. The van der Waals surface area contributed by atoms with Crippen LogP contribution in [-0.2, 0) is 0 Å². The van der Waals surface area contributed by atoms with Crippen molar-refractivity contribution >= 4 is 64.6 Å². The fourth-order valence-corrected chi connectivity index (χ4v) is 9.79. The van der Waals surface area contributed by atoms with Gasteiger partial charge in [0.1, 0.15) is 0 Å². The first-order chi connectivity index (χ1) is 29.3. The van der Waals surface area contributed by atoms with E-state index in [1.165, 1.54) is 98.0 Å². The molecule has 59 heavy (non-hydrogen) atoms. The van der Waals surface area contributed by atoms with Crippen LogP contribution in [0.1, 0.15) is 0 Å². The lowest BCUT2D eigenvalue weighted by molar-refractivity contribution is 1.10. The second-order valence-corrected chi connectivity index (χ2v) is 15.6. The number of hydrogen-bond donors (Lipinski definition) is 0. The molecule has 1 heteroatoms. The first-order valence-electron chi connectivity index (χ1n) is 20.4. The molecular weight excluding hydrogens is 711 g/mol. The van der Waals surface area contributed by atoms with Crippen LogP contribution in [0.4, 0.5) is 0 Å². The molecule has 12 rings (SSSR count). The first-order valence-corrected chi connectivity index (χ1v) is 20.4. The highest BCUT2D eigenvalue weighted by atomic mass is 15.0. The Morgan fingerprint density at radius 1 is 0.237 bits per heavy atom. The summed E-state index contributed by atoms with van der Waals surface area (Å²) in [6.07, 6.45) is 0. The summed E-state index contributed by atoms with van der Waals surface area (Å²) in [6.45, 7) is 0. The van der Waals surface area contributed by atoms with E-state index < -0.39 is 0 Å². The molecule has 0 saturated heterocycles. The first kappa shape index (κ1) is 33.4. The van der Waals surface area contributed by atoms with Crippen LogP contribution in [0.3, 0.4) is 0 Å². The highest BCUT2D eigenvalue weighted by Gasteiger charge is 2.23. The third-order valence-corrected chi connectivity index (χ3v) is 12.4. The van der Waals surface area contributed by atoms with Crippen molar-refractivity contribution in [2.24, 2.45) is 0 Å². The van der Waals surface area contributed by atoms with E-state index in [1.807, 2.05) is 0 Å². The molecule has 0 unspecified atom stereocenters. The third kappa shape index (κ3) is 5.25. The quantitative estimate of drug-likeness (QED) is 0.122. The smallest absolute Gasteiger partial charge is 0.0535 e. The molecule has 0 aliphatic rings. The topological polar surface area (TPSA) is 4.93 Å². The lowest BCUT2D eigenvalue weighted by Crippen LogP contribution is -2.00. The Bertz CT molecular complexity index is 3540. The Kier molecular flexibility index (Phi) is 7.61. The van der Waals surface area contributed by atoms with E-state index in [9.17, 15) is 0 Å². The van der Waals surface area contributed by atoms with E-state index in [-0.39, 0.29) is 0 Å². The molecule has 0 fully saturated rings. The number of benzene rings is 11. The number of rotatable bonds is 5. The van der Waals surface area contributed by atoms with Crippen molar-refractivity contribution in [2.75, 3.05) is 0 Å². The molecule has 1 aromatic heterocycles. The molecule has 0 atom stereocenters. The largest absolute Gasteiger partial charge is 0.309 e. The van der Waals surface area contributed by atoms with Crippen LogP contribution in [0.25, 0.3) is 115 Å². The molecule has 0 bridgehead atoms. The predicted octanol–water partition coefficient (Wildman–Crippen LogP) is 16.1. The number of aromatic nitrogens is 1. The van der Waals surface area contributed by atoms with Crippen LogP contribution in [0.2, 0.25) is 0 Å². The lowest BCUT2D eigenvalue weighted by Gasteiger charge is -2.22. The molecule has 0 amide bonds. The van der Waals surface area contributed by atoms with Gasteiger partial charge in [-0.05, 0) is 134 Å². The minimum atomic E-state index is 1.12. The average molecular weight is 748 g/mol. The maximum Gasteiger partial charge on any atom is 0.0535 e. The van der Waals surface area contributed by atoms with Gasteiger partial charge in [-0.2, -0.15) is 0 Å². The summed E-state index contributed by atoms with van der Waals surface area (Å²) < 4.78 is 2.45. The van der Waals surface area contributed by atoms with Crippen LogP contribution < -0.4 is 0 Å². The van der Waals surface area contributed by atoms with Gasteiger partial charge in [-0.15, -0.1) is 0 Å². The Balaban J connectivity index is 1.27. The zero-order valence-electron chi connectivity index (χ0n) is 32.3. The van der Waals surface area contributed by atoms with Crippen molar-refractivity contribution in [2.45, 2.75) is 0 Å². The normalized spacial score (nSPS) is 11.7. The molecular formula is C58H37N. The molecule has 12 aromatic rings. The van der Waals surface area contributed by atoms with Gasteiger partial charge in [-0.1, -0.05) is 188 Å². The molecule has 0 aliphatic carbocycles. The standard InChI is InChI=1S/C58H37N/c1-3-17-38(18-4-1)55-33-34-56(39-19-5-2-6-20-39)59(55)42-31-32-51-54(37-42)58(53-36-41-22-8-10-24-44(41)46-26-12-14-28-48(46)53)50-30-16-15-29-49(50)57(51)52-35-40-21-7-9-23-43(40)45-25-11-13-27-47(45)52/h1-37H. The van der Waals surface area contributed by atoms with Gasteiger partial charge in [0.2, 0.25) is 0 Å². The van der Waals surface area contributed by atoms with Crippen LogP contribution in [-0.4, -0.2) is 4.57 Å². The summed E-state index contributed by atoms with van der Waals surface area (Å²) in [5, 5.41) is 15.0. The molecule has 0 radical (unpaired) electrons. The Morgan fingerprint density at radius 3 is 1.10 bits per heavy atom. The van der Waals surface area contributed by atoms with Crippen molar-refractivity contribution in [3.8, 4) is 50.5 Å². The molecule has 0 aliphatic heterocycles. The molecule has 0 spiro atoms. The van der Waals surface area contributed by atoms with Gasteiger partial charge < -0.3 is 4.57 Å². The summed E-state index contributed by atoms with van der Waals surface area (Å²) in [5.41, 5.74) is 10.8. The Labute approximate surface area is 342 Å². The number of hydrogen-bond acceptors (Lipinski definition) is 0. The van der Waals surface area contributed by atoms with Crippen LogP contribution in [0.15, 0.2) is 224 Å². The zero-order chi connectivity index (χ0) is 38.9. The minimum Gasteiger partial charge on any atom is -0.309 e. The molecule has 1 nitrogen and oxygen atoms in total. The highest BCUT2D eigenvalue weighted by molar-refractivity contribution is 6.28. The summed E-state index contributed by atoms with van der Waals surface area (Å²) in [4.78, 5) is 0. The highest BCUT2D eigenvalue weighted by Crippen LogP contribution is 2.49. The van der Waals surface area contributed by atoms with Crippen LogP contribution in [0, 0.1) is 0 Å². The van der Waals surface area contributed by atoms with Gasteiger partial charge in [0.15, 0.2) is 0 Å². The Morgan fingerprint density at radius 2 is 0.610 bits per heavy atom. The third-order valence-electron chi connectivity index (χ3n) is 12.4. The second kappa shape index (κ2) is 13.4.